The molecule has 1 aromatic rings. The smallest absolute Gasteiger partial charge is 0.340 e. The van der Waals surface area contributed by atoms with Gasteiger partial charge in [-0.15, -0.1) is 0 Å². The second-order valence-corrected chi connectivity index (χ2v) is 6.40. The number of carbonyl (C=O) groups is 3. The monoisotopic (exact) mass is 359 g/mol. The number of nitrogens with zero attached hydrogens (tertiary/aromatic N) is 1. The van der Waals surface area contributed by atoms with Gasteiger partial charge in [0.1, 0.15) is 17.5 Å². The highest BCUT2D eigenvalue weighted by Gasteiger charge is 2.17. The van der Waals surface area contributed by atoms with Crippen molar-refractivity contribution in [2.24, 2.45) is 10.9 Å². The van der Waals surface area contributed by atoms with Crippen LogP contribution < -0.4 is 0 Å². The number of Topliss-reactive ketones (excluding diaryl/α,β-unsaturated/α-hetero) is 2. The van der Waals surface area contributed by atoms with Crippen molar-refractivity contribution in [2.75, 3.05) is 6.61 Å². The number of unbranched alkanes of at least 4 members (excludes halogenated alkanes) is 5. The standard InChI is InChI=1S/C21H29NO4/c1-4-5-6-7-8-11-14-26-21(25)18-12-9-10-13-20(18)22-15-19(16(2)23)17(3)24/h9-10,12-13,15,19H,4-8,11,14H2,1-3H3. The first-order valence-electron chi connectivity index (χ1n) is 9.28. The van der Waals surface area contributed by atoms with Gasteiger partial charge in [0, 0.05) is 6.21 Å². The molecule has 5 heteroatoms. The number of benzene rings is 1. The van der Waals surface area contributed by atoms with E-state index in [1.165, 1.54) is 39.3 Å². The lowest BCUT2D eigenvalue weighted by Gasteiger charge is -2.08. The molecule has 0 spiro atoms. The topological polar surface area (TPSA) is 72.8 Å². The van der Waals surface area contributed by atoms with Crippen molar-refractivity contribution < 1.29 is 19.1 Å². The average molecular weight is 359 g/mol. The maximum Gasteiger partial charge on any atom is 0.340 e. The number of ketones is 2. The van der Waals surface area contributed by atoms with Gasteiger partial charge in [0.25, 0.3) is 0 Å². The van der Waals surface area contributed by atoms with E-state index in [0.29, 0.717) is 17.9 Å². The van der Waals surface area contributed by atoms with Crippen molar-refractivity contribution in [2.45, 2.75) is 59.3 Å². The second-order valence-electron chi connectivity index (χ2n) is 6.40. The van der Waals surface area contributed by atoms with Gasteiger partial charge >= 0.3 is 5.97 Å². The minimum Gasteiger partial charge on any atom is -0.462 e. The maximum absolute atomic E-state index is 12.3. The van der Waals surface area contributed by atoms with E-state index in [2.05, 4.69) is 11.9 Å². The minimum absolute atomic E-state index is 0.274. The first kappa shape index (κ1) is 21.7. The highest BCUT2D eigenvalue weighted by molar-refractivity contribution is 6.13. The molecule has 0 atom stereocenters. The molecule has 0 aliphatic rings. The quantitative estimate of drug-likeness (QED) is 0.235. The van der Waals surface area contributed by atoms with Gasteiger partial charge in [0.15, 0.2) is 0 Å². The molecule has 26 heavy (non-hydrogen) atoms. The van der Waals surface area contributed by atoms with Crippen LogP contribution in [0.5, 0.6) is 0 Å². The van der Waals surface area contributed by atoms with Crippen LogP contribution in [0.15, 0.2) is 29.3 Å². The Hall–Kier alpha value is -2.30. The maximum atomic E-state index is 12.3. The Balaban J connectivity index is 2.63. The Morgan fingerprint density at radius 1 is 1.00 bits per heavy atom. The molecule has 1 aromatic carbocycles. The Labute approximate surface area is 155 Å². The van der Waals surface area contributed by atoms with Crippen LogP contribution >= 0.6 is 0 Å². The molecule has 0 N–H and O–H groups in total. The van der Waals surface area contributed by atoms with Crippen LogP contribution in [0.1, 0.15) is 69.7 Å². The third-order valence-electron chi connectivity index (χ3n) is 4.09. The van der Waals surface area contributed by atoms with E-state index in [9.17, 15) is 14.4 Å². The van der Waals surface area contributed by atoms with E-state index in [1.54, 1.807) is 24.3 Å². The van der Waals surface area contributed by atoms with E-state index >= 15 is 0 Å². The number of rotatable bonds is 12. The van der Waals surface area contributed by atoms with Crippen LogP contribution in [0.3, 0.4) is 0 Å². The van der Waals surface area contributed by atoms with E-state index in [4.69, 9.17) is 4.74 Å². The number of hydrogen-bond acceptors (Lipinski definition) is 5. The third-order valence-corrected chi connectivity index (χ3v) is 4.09. The molecular weight excluding hydrogens is 330 g/mol. The number of aliphatic imine (C=N–C) groups is 1. The summed E-state index contributed by atoms with van der Waals surface area (Å²) in [5.41, 5.74) is 0.730. The molecule has 0 aliphatic carbocycles. The lowest BCUT2D eigenvalue weighted by atomic mass is 10.0. The van der Waals surface area contributed by atoms with E-state index in [0.717, 1.165) is 19.3 Å². The molecule has 0 unspecified atom stereocenters. The number of para-hydroxylation sites is 1. The van der Waals surface area contributed by atoms with E-state index in [1.807, 2.05) is 0 Å². The first-order chi connectivity index (χ1) is 12.5. The largest absolute Gasteiger partial charge is 0.462 e. The number of hydrogen-bond donors (Lipinski definition) is 0. The molecule has 0 amide bonds. The molecule has 0 fully saturated rings. The van der Waals surface area contributed by atoms with Gasteiger partial charge in [0.2, 0.25) is 0 Å². The molecule has 0 heterocycles. The van der Waals surface area contributed by atoms with Crippen LogP contribution in [-0.4, -0.2) is 30.4 Å². The fourth-order valence-electron chi connectivity index (χ4n) is 2.53. The highest BCUT2D eigenvalue weighted by Crippen LogP contribution is 2.20. The van der Waals surface area contributed by atoms with Gasteiger partial charge in [-0.25, -0.2) is 4.79 Å². The Morgan fingerprint density at radius 2 is 1.62 bits per heavy atom. The summed E-state index contributed by atoms with van der Waals surface area (Å²) in [4.78, 5) is 39.4. The SMILES string of the molecule is CCCCCCCCOC(=O)c1ccccc1N=CC(C(C)=O)C(C)=O. The molecule has 0 radical (unpaired) electrons. The normalized spacial score (nSPS) is 11.1. The zero-order chi connectivity index (χ0) is 19.4. The molecule has 5 nitrogen and oxygen atoms in total. The van der Waals surface area contributed by atoms with Crippen molar-refractivity contribution >= 4 is 29.4 Å². The van der Waals surface area contributed by atoms with E-state index in [-0.39, 0.29) is 11.6 Å². The predicted octanol–water partition coefficient (Wildman–Crippen LogP) is 4.70. The Morgan fingerprint density at radius 3 is 2.27 bits per heavy atom. The van der Waals surface area contributed by atoms with Crippen LogP contribution in [0.2, 0.25) is 0 Å². The summed E-state index contributed by atoms with van der Waals surface area (Å²) in [6, 6.07) is 6.77. The van der Waals surface area contributed by atoms with Gasteiger partial charge in [0.05, 0.1) is 17.9 Å². The second kappa shape index (κ2) is 12.1. The van der Waals surface area contributed by atoms with Gasteiger partial charge in [-0.2, -0.15) is 0 Å². The lowest BCUT2D eigenvalue weighted by Crippen LogP contribution is -2.20. The van der Waals surface area contributed by atoms with Gasteiger partial charge in [-0.1, -0.05) is 51.2 Å². The molecule has 0 bridgehead atoms. The predicted molar refractivity (Wildman–Crippen MR) is 103 cm³/mol. The van der Waals surface area contributed by atoms with Crippen molar-refractivity contribution in [1.29, 1.82) is 0 Å². The summed E-state index contributed by atoms with van der Waals surface area (Å²) in [5.74, 6) is -1.87. The summed E-state index contributed by atoms with van der Waals surface area (Å²) >= 11 is 0. The number of carbonyl (C=O) groups excluding carboxylic acids is 3. The molecule has 0 saturated carbocycles. The van der Waals surface area contributed by atoms with Gasteiger partial charge in [-0.05, 0) is 32.4 Å². The molecule has 1 rings (SSSR count). The zero-order valence-electron chi connectivity index (χ0n) is 16.0. The van der Waals surface area contributed by atoms with Crippen LogP contribution in [0.25, 0.3) is 0 Å². The van der Waals surface area contributed by atoms with Crippen LogP contribution in [-0.2, 0) is 14.3 Å². The Kier molecular flexibility index (Phi) is 10.1. The van der Waals surface area contributed by atoms with Crippen molar-refractivity contribution in [3.8, 4) is 0 Å². The van der Waals surface area contributed by atoms with Crippen molar-refractivity contribution in [1.82, 2.24) is 0 Å². The fraction of sp³-hybridized carbons (Fsp3) is 0.524. The number of ether oxygens (including phenoxy) is 1. The summed E-state index contributed by atoms with van der Waals surface area (Å²) in [6.45, 7) is 5.25. The molecule has 0 aliphatic heterocycles. The summed E-state index contributed by atoms with van der Waals surface area (Å²) < 4.78 is 5.33. The van der Waals surface area contributed by atoms with Crippen molar-refractivity contribution in [3.63, 3.8) is 0 Å². The van der Waals surface area contributed by atoms with Gasteiger partial charge in [-0.3, -0.25) is 14.6 Å². The highest BCUT2D eigenvalue weighted by atomic mass is 16.5. The molecule has 0 aromatic heterocycles. The van der Waals surface area contributed by atoms with Crippen LogP contribution in [0.4, 0.5) is 5.69 Å². The fourth-order valence-corrected chi connectivity index (χ4v) is 2.53. The van der Waals surface area contributed by atoms with E-state index < -0.39 is 11.9 Å². The minimum atomic E-state index is -0.887. The summed E-state index contributed by atoms with van der Waals surface area (Å²) in [5, 5.41) is 0. The Bertz CT molecular complexity index is 623. The van der Waals surface area contributed by atoms with Gasteiger partial charge < -0.3 is 4.74 Å². The average Bonchev–Trinajstić information content (AvgIpc) is 2.60. The summed E-state index contributed by atoms with van der Waals surface area (Å²) in [7, 11) is 0. The summed E-state index contributed by atoms with van der Waals surface area (Å²) in [6.07, 6.45) is 8.01. The lowest BCUT2D eigenvalue weighted by molar-refractivity contribution is -0.127. The van der Waals surface area contributed by atoms with Crippen LogP contribution in [0, 0.1) is 5.92 Å². The molecular formula is C21H29NO4. The molecule has 142 valence electrons. The molecule has 0 saturated heterocycles. The zero-order valence-corrected chi connectivity index (χ0v) is 16.0. The first-order valence-corrected chi connectivity index (χ1v) is 9.28. The third kappa shape index (κ3) is 7.72. The number of esters is 1. The van der Waals surface area contributed by atoms with Crippen molar-refractivity contribution in [3.05, 3.63) is 29.8 Å².